The molecule has 9 nitrogen and oxygen atoms in total. The Balaban J connectivity index is 1.88. The summed E-state index contributed by atoms with van der Waals surface area (Å²) in [6.07, 6.45) is 1.33. The highest BCUT2D eigenvalue weighted by Crippen LogP contribution is 2.29. The highest BCUT2D eigenvalue weighted by atomic mass is 16.5. The molecule has 0 aliphatic heterocycles. The summed E-state index contributed by atoms with van der Waals surface area (Å²) >= 11 is 0. The number of carbonyl (C=O) groups is 3. The lowest BCUT2D eigenvalue weighted by molar-refractivity contribution is -0.125. The van der Waals surface area contributed by atoms with Gasteiger partial charge in [-0.1, -0.05) is 13.8 Å². The lowest BCUT2D eigenvalue weighted by Crippen LogP contribution is -2.43. The van der Waals surface area contributed by atoms with E-state index in [1.54, 1.807) is 6.07 Å². The number of hydrogen-bond donors (Lipinski definition) is 2. The zero-order chi connectivity index (χ0) is 21.2. The largest absolute Gasteiger partial charge is 0.490 e. The minimum absolute atomic E-state index is 0.0329. The van der Waals surface area contributed by atoms with Crippen molar-refractivity contribution in [1.29, 1.82) is 0 Å². The van der Waals surface area contributed by atoms with Crippen LogP contribution in [0, 0.1) is 5.92 Å². The van der Waals surface area contributed by atoms with E-state index in [2.05, 4.69) is 10.9 Å². The average Bonchev–Trinajstić information content (AvgIpc) is 3.24. The number of amides is 2. The van der Waals surface area contributed by atoms with Gasteiger partial charge in [-0.25, -0.2) is 4.79 Å². The van der Waals surface area contributed by atoms with Gasteiger partial charge in [-0.05, 0) is 43.2 Å². The summed E-state index contributed by atoms with van der Waals surface area (Å²) in [5.41, 5.74) is 4.48. The third-order valence-corrected chi connectivity index (χ3v) is 3.45. The van der Waals surface area contributed by atoms with E-state index in [0.29, 0.717) is 30.6 Å². The molecular formula is C20H24N2O7. The summed E-state index contributed by atoms with van der Waals surface area (Å²) in [6.45, 7) is 6.19. The summed E-state index contributed by atoms with van der Waals surface area (Å²) in [6, 6.07) is 7.61. The van der Waals surface area contributed by atoms with Gasteiger partial charge in [0.1, 0.15) is 0 Å². The van der Waals surface area contributed by atoms with E-state index in [0.717, 1.165) is 0 Å². The number of carbonyl (C=O) groups excluding carboxylic acids is 3. The fraction of sp³-hybridized carbons (Fsp3) is 0.350. The SMILES string of the molecule is CCOc1cc(C(=O)OCC(=O)NNC(=O)c2ccco2)ccc1OCC(C)C. The molecule has 1 aromatic carbocycles. The van der Waals surface area contributed by atoms with Crippen molar-refractivity contribution < 1.29 is 33.0 Å². The summed E-state index contributed by atoms with van der Waals surface area (Å²) in [7, 11) is 0. The number of furan rings is 1. The topological polar surface area (TPSA) is 116 Å². The Hall–Kier alpha value is -3.49. The van der Waals surface area contributed by atoms with Crippen molar-refractivity contribution in [3.8, 4) is 11.5 Å². The molecule has 29 heavy (non-hydrogen) atoms. The molecule has 2 rings (SSSR count). The van der Waals surface area contributed by atoms with E-state index < -0.39 is 24.4 Å². The molecule has 0 bridgehead atoms. The Morgan fingerprint density at radius 1 is 1.07 bits per heavy atom. The number of rotatable bonds is 9. The molecule has 0 saturated heterocycles. The van der Waals surface area contributed by atoms with Crippen molar-refractivity contribution in [3.63, 3.8) is 0 Å². The third kappa shape index (κ3) is 6.87. The molecular weight excluding hydrogens is 380 g/mol. The van der Waals surface area contributed by atoms with Crippen molar-refractivity contribution in [1.82, 2.24) is 10.9 Å². The van der Waals surface area contributed by atoms with Gasteiger partial charge in [-0.15, -0.1) is 0 Å². The maximum Gasteiger partial charge on any atom is 0.338 e. The maximum absolute atomic E-state index is 12.2. The van der Waals surface area contributed by atoms with Crippen molar-refractivity contribution in [2.45, 2.75) is 20.8 Å². The second-order valence-corrected chi connectivity index (χ2v) is 6.36. The molecule has 9 heteroatoms. The lowest BCUT2D eigenvalue weighted by atomic mass is 10.2. The number of hydrazine groups is 1. The molecule has 0 fully saturated rings. The minimum atomic E-state index is -0.714. The molecule has 1 heterocycles. The van der Waals surface area contributed by atoms with Crippen molar-refractivity contribution in [2.24, 2.45) is 5.92 Å². The summed E-state index contributed by atoms with van der Waals surface area (Å²) in [4.78, 5) is 35.6. The predicted octanol–water partition coefficient (Wildman–Crippen LogP) is 2.33. The van der Waals surface area contributed by atoms with Crippen LogP contribution in [0.3, 0.4) is 0 Å². The first-order chi connectivity index (χ1) is 13.9. The van der Waals surface area contributed by atoms with Gasteiger partial charge in [0.05, 0.1) is 25.0 Å². The molecule has 2 N–H and O–H groups in total. The Bertz CT molecular complexity index is 831. The van der Waals surface area contributed by atoms with E-state index >= 15 is 0 Å². The van der Waals surface area contributed by atoms with E-state index in [1.165, 1.54) is 30.5 Å². The Labute approximate surface area is 168 Å². The molecule has 1 aromatic heterocycles. The maximum atomic E-state index is 12.2. The van der Waals surface area contributed by atoms with Crippen LogP contribution >= 0.6 is 0 Å². The predicted molar refractivity (Wildman–Crippen MR) is 103 cm³/mol. The summed E-state index contributed by atoms with van der Waals surface area (Å²) in [5.74, 6) is -0.748. The van der Waals surface area contributed by atoms with Crippen molar-refractivity contribution in [3.05, 3.63) is 47.9 Å². The van der Waals surface area contributed by atoms with Gasteiger partial charge in [-0.3, -0.25) is 20.4 Å². The molecule has 0 aliphatic carbocycles. The van der Waals surface area contributed by atoms with Crippen LogP contribution in [0.25, 0.3) is 0 Å². The highest BCUT2D eigenvalue weighted by molar-refractivity contribution is 5.94. The molecule has 0 radical (unpaired) electrons. The van der Waals surface area contributed by atoms with Crippen molar-refractivity contribution >= 4 is 17.8 Å². The number of benzene rings is 1. The zero-order valence-corrected chi connectivity index (χ0v) is 16.5. The van der Waals surface area contributed by atoms with Crippen LogP contribution in [-0.4, -0.2) is 37.6 Å². The van der Waals surface area contributed by atoms with Gasteiger partial charge in [0.2, 0.25) is 0 Å². The number of ether oxygens (including phenoxy) is 3. The fourth-order valence-corrected chi connectivity index (χ4v) is 2.13. The Kier molecular flexibility index (Phi) is 8.08. The van der Waals surface area contributed by atoms with Crippen LogP contribution in [0.2, 0.25) is 0 Å². The van der Waals surface area contributed by atoms with Gasteiger partial charge in [0, 0.05) is 0 Å². The van der Waals surface area contributed by atoms with Gasteiger partial charge in [0.15, 0.2) is 23.9 Å². The average molecular weight is 404 g/mol. The van der Waals surface area contributed by atoms with E-state index in [9.17, 15) is 14.4 Å². The number of esters is 1. The highest BCUT2D eigenvalue weighted by Gasteiger charge is 2.15. The Morgan fingerprint density at radius 2 is 1.86 bits per heavy atom. The van der Waals surface area contributed by atoms with Gasteiger partial charge >= 0.3 is 11.9 Å². The molecule has 0 atom stereocenters. The van der Waals surface area contributed by atoms with Gasteiger partial charge in [0.25, 0.3) is 5.91 Å². The second-order valence-electron chi connectivity index (χ2n) is 6.36. The number of nitrogens with one attached hydrogen (secondary N) is 2. The van der Waals surface area contributed by atoms with Gasteiger partial charge in [-0.2, -0.15) is 0 Å². The molecule has 0 aliphatic rings. The Morgan fingerprint density at radius 3 is 2.52 bits per heavy atom. The molecule has 2 amide bonds. The van der Waals surface area contributed by atoms with E-state index in [4.69, 9.17) is 18.6 Å². The van der Waals surface area contributed by atoms with E-state index in [-0.39, 0.29) is 11.3 Å². The summed E-state index contributed by atoms with van der Waals surface area (Å²) < 4.78 is 21.0. The third-order valence-electron chi connectivity index (χ3n) is 3.45. The first-order valence-electron chi connectivity index (χ1n) is 9.10. The first kappa shape index (κ1) is 21.8. The zero-order valence-electron chi connectivity index (χ0n) is 16.5. The van der Waals surface area contributed by atoms with Crippen LogP contribution < -0.4 is 20.3 Å². The van der Waals surface area contributed by atoms with Crippen LogP contribution in [0.15, 0.2) is 41.0 Å². The van der Waals surface area contributed by atoms with Crippen molar-refractivity contribution in [2.75, 3.05) is 19.8 Å². The number of hydrogen-bond acceptors (Lipinski definition) is 7. The summed E-state index contributed by atoms with van der Waals surface area (Å²) in [5, 5.41) is 0. The molecule has 0 saturated carbocycles. The smallest absolute Gasteiger partial charge is 0.338 e. The standard InChI is InChI=1S/C20H24N2O7/c1-4-26-17-10-14(7-8-15(17)28-11-13(2)3)20(25)29-12-18(23)21-22-19(24)16-6-5-9-27-16/h5-10,13H,4,11-12H2,1-3H3,(H,21,23)(H,22,24). The molecule has 0 unspecified atom stereocenters. The quantitative estimate of drug-likeness (QED) is 0.487. The molecule has 156 valence electrons. The van der Waals surface area contributed by atoms with Crippen LogP contribution in [0.4, 0.5) is 0 Å². The van der Waals surface area contributed by atoms with E-state index in [1.807, 2.05) is 20.8 Å². The van der Waals surface area contributed by atoms with Gasteiger partial charge < -0.3 is 18.6 Å². The second kappa shape index (κ2) is 10.7. The lowest BCUT2D eigenvalue weighted by Gasteiger charge is -2.14. The monoisotopic (exact) mass is 404 g/mol. The van der Waals surface area contributed by atoms with Crippen LogP contribution in [0.1, 0.15) is 41.7 Å². The van der Waals surface area contributed by atoms with Crippen LogP contribution in [-0.2, 0) is 9.53 Å². The molecule has 2 aromatic rings. The fourth-order valence-electron chi connectivity index (χ4n) is 2.13. The minimum Gasteiger partial charge on any atom is -0.490 e. The normalized spacial score (nSPS) is 10.3. The molecule has 0 spiro atoms. The van der Waals surface area contributed by atoms with Crippen LogP contribution in [0.5, 0.6) is 11.5 Å². The first-order valence-corrected chi connectivity index (χ1v) is 9.10.